The van der Waals surface area contributed by atoms with Gasteiger partial charge in [0.2, 0.25) is 0 Å². The summed E-state index contributed by atoms with van der Waals surface area (Å²) in [7, 11) is 0. The fourth-order valence-electron chi connectivity index (χ4n) is 1.95. The van der Waals surface area contributed by atoms with Crippen LogP contribution in [0.5, 0.6) is 0 Å². The monoisotopic (exact) mass is 303 g/mol. The van der Waals surface area contributed by atoms with Gasteiger partial charge in [0.25, 0.3) is 0 Å². The van der Waals surface area contributed by atoms with Gasteiger partial charge in [-0.25, -0.2) is 0 Å². The molecule has 0 amide bonds. The van der Waals surface area contributed by atoms with E-state index in [1.165, 1.54) is 16.8 Å². The van der Waals surface area contributed by atoms with Gasteiger partial charge in [-0.3, -0.25) is 0 Å². The van der Waals surface area contributed by atoms with E-state index < -0.39 is 0 Å². The average molecular weight is 304 g/mol. The van der Waals surface area contributed by atoms with E-state index >= 15 is 0 Å². The summed E-state index contributed by atoms with van der Waals surface area (Å²) in [6.07, 6.45) is 0. The highest BCUT2D eigenvalue weighted by Crippen LogP contribution is 2.22. The number of nitrogens with one attached hydrogen (secondary N) is 1. The molecule has 2 aromatic carbocycles. The van der Waals surface area contributed by atoms with Crippen molar-refractivity contribution in [2.24, 2.45) is 0 Å². The molecule has 0 radical (unpaired) electrons. The highest BCUT2D eigenvalue weighted by atomic mass is 79.9. The summed E-state index contributed by atoms with van der Waals surface area (Å²) in [5, 5.41) is 3.52. The Bertz CT molecular complexity index is 508. The lowest BCUT2D eigenvalue weighted by Gasteiger charge is -2.15. The van der Waals surface area contributed by atoms with Crippen molar-refractivity contribution in [3.8, 4) is 0 Å². The molecule has 0 bridgehead atoms. The van der Waals surface area contributed by atoms with E-state index in [9.17, 15) is 0 Å². The van der Waals surface area contributed by atoms with Crippen molar-refractivity contribution in [3.63, 3.8) is 0 Å². The van der Waals surface area contributed by atoms with Crippen molar-refractivity contribution in [1.29, 1.82) is 0 Å². The van der Waals surface area contributed by atoms with Crippen LogP contribution in [-0.4, -0.2) is 6.54 Å². The molecule has 2 aromatic rings. The van der Waals surface area contributed by atoms with E-state index in [4.69, 9.17) is 0 Å². The van der Waals surface area contributed by atoms with Crippen LogP contribution in [-0.2, 0) is 0 Å². The molecular formula is C16H18BrN. The fourth-order valence-corrected chi connectivity index (χ4v) is 2.31. The molecule has 2 heteroatoms. The predicted molar refractivity (Wildman–Crippen MR) is 82.2 cm³/mol. The van der Waals surface area contributed by atoms with Gasteiger partial charge in [-0.1, -0.05) is 59.3 Å². The lowest BCUT2D eigenvalue weighted by Crippen LogP contribution is -2.10. The summed E-state index contributed by atoms with van der Waals surface area (Å²) in [6, 6.07) is 16.9. The second-order valence-electron chi connectivity index (χ2n) is 4.65. The number of anilines is 1. The normalized spacial score (nSPS) is 12.2. The van der Waals surface area contributed by atoms with E-state index in [-0.39, 0.29) is 0 Å². The summed E-state index contributed by atoms with van der Waals surface area (Å²) in [5.41, 5.74) is 3.85. The Morgan fingerprint density at radius 1 is 1.11 bits per heavy atom. The van der Waals surface area contributed by atoms with Crippen LogP contribution in [0.3, 0.4) is 0 Å². The molecule has 94 valence electrons. The molecule has 0 heterocycles. The SMILES string of the molecule is Cc1ccc(Br)cc1NCC(C)c1ccccc1. The quantitative estimate of drug-likeness (QED) is 0.840. The molecule has 0 aromatic heterocycles. The van der Waals surface area contributed by atoms with Gasteiger partial charge in [0.1, 0.15) is 0 Å². The molecular weight excluding hydrogens is 286 g/mol. The fraction of sp³-hybridized carbons (Fsp3) is 0.250. The summed E-state index contributed by atoms with van der Waals surface area (Å²) in [4.78, 5) is 0. The summed E-state index contributed by atoms with van der Waals surface area (Å²) < 4.78 is 1.11. The van der Waals surface area contributed by atoms with Crippen LogP contribution in [0.15, 0.2) is 53.0 Å². The van der Waals surface area contributed by atoms with Crippen LogP contribution < -0.4 is 5.32 Å². The molecule has 0 aliphatic carbocycles. The zero-order chi connectivity index (χ0) is 13.0. The van der Waals surface area contributed by atoms with Crippen molar-refractivity contribution in [1.82, 2.24) is 0 Å². The predicted octanol–water partition coefficient (Wildman–Crippen LogP) is 4.97. The summed E-state index contributed by atoms with van der Waals surface area (Å²) >= 11 is 3.51. The van der Waals surface area contributed by atoms with Gasteiger partial charge in [-0.2, -0.15) is 0 Å². The third kappa shape index (κ3) is 3.36. The molecule has 0 spiro atoms. The number of hydrogen-bond acceptors (Lipinski definition) is 1. The Kier molecular flexibility index (Phi) is 4.43. The molecule has 0 saturated heterocycles. The standard InChI is InChI=1S/C16H18BrN/c1-12-8-9-15(17)10-16(12)18-11-13(2)14-6-4-3-5-7-14/h3-10,13,18H,11H2,1-2H3. The highest BCUT2D eigenvalue weighted by Gasteiger charge is 2.05. The lowest BCUT2D eigenvalue weighted by molar-refractivity contribution is 0.804. The van der Waals surface area contributed by atoms with Crippen LogP contribution in [0, 0.1) is 6.92 Å². The minimum Gasteiger partial charge on any atom is -0.384 e. The third-order valence-corrected chi connectivity index (χ3v) is 3.66. The summed E-state index contributed by atoms with van der Waals surface area (Å²) in [6.45, 7) is 5.32. The van der Waals surface area contributed by atoms with Gasteiger partial charge < -0.3 is 5.32 Å². The van der Waals surface area contributed by atoms with Crippen LogP contribution >= 0.6 is 15.9 Å². The lowest BCUT2D eigenvalue weighted by atomic mass is 10.0. The number of aryl methyl sites for hydroxylation is 1. The van der Waals surface area contributed by atoms with Crippen molar-refractivity contribution in [2.75, 3.05) is 11.9 Å². The van der Waals surface area contributed by atoms with E-state index in [0.29, 0.717) is 5.92 Å². The van der Waals surface area contributed by atoms with Crippen molar-refractivity contribution >= 4 is 21.6 Å². The van der Waals surface area contributed by atoms with Gasteiger partial charge in [0.05, 0.1) is 0 Å². The molecule has 1 nitrogen and oxygen atoms in total. The first-order chi connectivity index (χ1) is 8.66. The topological polar surface area (TPSA) is 12.0 Å². The molecule has 0 fully saturated rings. The molecule has 1 unspecified atom stereocenters. The largest absolute Gasteiger partial charge is 0.384 e. The molecule has 2 rings (SSSR count). The number of rotatable bonds is 4. The van der Waals surface area contributed by atoms with Crippen LogP contribution in [0.25, 0.3) is 0 Å². The Hall–Kier alpha value is -1.28. The molecule has 0 aliphatic rings. The van der Waals surface area contributed by atoms with Crippen molar-refractivity contribution < 1.29 is 0 Å². The summed E-state index contributed by atoms with van der Waals surface area (Å²) in [5.74, 6) is 0.504. The maximum absolute atomic E-state index is 3.52. The number of benzene rings is 2. The third-order valence-electron chi connectivity index (χ3n) is 3.17. The van der Waals surface area contributed by atoms with E-state index in [2.05, 4.69) is 83.6 Å². The van der Waals surface area contributed by atoms with Crippen LogP contribution in [0.4, 0.5) is 5.69 Å². The zero-order valence-electron chi connectivity index (χ0n) is 10.8. The Balaban J connectivity index is 2.01. The molecule has 1 N–H and O–H groups in total. The Labute approximate surface area is 117 Å². The van der Waals surface area contributed by atoms with Gasteiger partial charge in [-0.15, -0.1) is 0 Å². The zero-order valence-corrected chi connectivity index (χ0v) is 12.4. The highest BCUT2D eigenvalue weighted by molar-refractivity contribution is 9.10. The van der Waals surface area contributed by atoms with Crippen molar-refractivity contribution in [2.45, 2.75) is 19.8 Å². The smallest absolute Gasteiger partial charge is 0.0381 e. The Morgan fingerprint density at radius 2 is 1.83 bits per heavy atom. The Morgan fingerprint density at radius 3 is 2.56 bits per heavy atom. The molecule has 18 heavy (non-hydrogen) atoms. The van der Waals surface area contributed by atoms with E-state index in [1.807, 2.05) is 0 Å². The maximum atomic E-state index is 3.52. The van der Waals surface area contributed by atoms with Crippen molar-refractivity contribution in [3.05, 3.63) is 64.1 Å². The van der Waals surface area contributed by atoms with Gasteiger partial charge >= 0.3 is 0 Å². The second-order valence-corrected chi connectivity index (χ2v) is 5.57. The van der Waals surface area contributed by atoms with Gasteiger partial charge in [-0.05, 0) is 36.1 Å². The maximum Gasteiger partial charge on any atom is 0.0381 e. The second kappa shape index (κ2) is 6.05. The van der Waals surface area contributed by atoms with E-state index in [1.54, 1.807) is 0 Å². The van der Waals surface area contributed by atoms with Crippen LogP contribution in [0.1, 0.15) is 24.0 Å². The first kappa shape index (κ1) is 13.2. The minimum atomic E-state index is 0.504. The first-order valence-corrected chi connectivity index (χ1v) is 7.01. The number of halogens is 1. The first-order valence-electron chi connectivity index (χ1n) is 6.22. The number of hydrogen-bond donors (Lipinski definition) is 1. The molecule has 0 aliphatic heterocycles. The minimum absolute atomic E-state index is 0.504. The van der Waals surface area contributed by atoms with Gasteiger partial charge in [0, 0.05) is 16.7 Å². The van der Waals surface area contributed by atoms with Crippen LogP contribution in [0.2, 0.25) is 0 Å². The molecule has 0 saturated carbocycles. The average Bonchev–Trinajstić information content (AvgIpc) is 2.40. The van der Waals surface area contributed by atoms with Gasteiger partial charge in [0.15, 0.2) is 0 Å². The van der Waals surface area contributed by atoms with E-state index in [0.717, 1.165) is 11.0 Å². The molecule has 1 atom stereocenters.